The number of amides is 1. The lowest BCUT2D eigenvalue weighted by atomic mass is 10.2. The number of hydrogen-bond donors (Lipinski definition) is 3. The molecule has 4 rings (SSSR count). The maximum absolute atomic E-state index is 11.3. The number of anilines is 4. The molecule has 2 aromatic heterocycles. The fraction of sp³-hybridized carbons (Fsp3) is 0.333. The van der Waals surface area contributed by atoms with Crippen molar-refractivity contribution in [2.45, 2.75) is 32.8 Å². The molecule has 3 N–H and O–H groups in total. The van der Waals surface area contributed by atoms with E-state index in [1.807, 2.05) is 37.3 Å². The number of thiazole rings is 1. The largest absolute Gasteiger partial charge is 0.376 e. The Morgan fingerprint density at radius 2 is 2.13 bits per heavy atom. The van der Waals surface area contributed by atoms with Gasteiger partial charge in [-0.2, -0.15) is 0 Å². The second-order valence-electron chi connectivity index (χ2n) is 7.10. The van der Waals surface area contributed by atoms with Gasteiger partial charge >= 0.3 is 0 Å². The molecule has 1 fully saturated rings. The normalized spacial score (nSPS) is 15.7. The fourth-order valence-electron chi connectivity index (χ4n) is 3.27. The predicted molar refractivity (Wildman–Crippen MR) is 119 cm³/mol. The van der Waals surface area contributed by atoms with E-state index >= 15 is 0 Å². The summed E-state index contributed by atoms with van der Waals surface area (Å²) in [5, 5.41) is 10.2. The van der Waals surface area contributed by atoms with Crippen LogP contribution in [0.15, 0.2) is 36.5 Å². The number of rotatable bonds is 7. The van der Waals surface area contributed by atoms with Crippen LogP contribution in [-0.4, -0.2) is 40.1 Å². The molecule has 1 aromatic carbocycles. The SMILES string of the molecule is CC(=O)Nc1cccc(Nc2nccc(-c3sc(NCC4CCCO4)nc3C)n2)c1. The molecule has 1 atom stereocenters. The van der Waals surface area contributed by atoms with Crippen molar-refractivity contribution >= 4 is 39.7 Å². The van der Waals surface area contributed by atoms with Gasteiger partial charge in [-0.1, -0.05) is 17.4 Å². The number of nitrogens with one attached hydrogen (secondary N) is 3. The van der Waals surface area contributed by atoms with Crippen molar-refractivity contribution in [2.24, 2.45) is 0 Å². The van der Waals surface area contributed by atoms with Crippen LogP contribution in [0, 0.1) is 6.92 Å². The average Bonchev–Trinajstić information content (AvgIpc) is 3.36. The molecule has 30 heavy (non-hydrogen) atoms. The van der Waals surface area contributed by atoms with Gasteiger partial charge in [0.2, 0.25) is 11.9 Å². The Morgan fingerprint density at radius 3 is 2.93 bits per heavy atom. The van der Waals surface area contributed by atoms with Crippen LogP contribution in [0.4, 0.5) is 22.5 Å². The van der Waals surface area contributed by atoms with Crippen LogP contribution in [0.2, 0.25) is 0 Å². The molecule has 156 valence electrons. The van der Waals surface area contributed by atoms with E-state index < -0.39 is 0 Å². The zero-order valence-electron chi connectivity index (χ0n) is 16.9. The molecule has 1 saturated heterocycles. The molecule has 3 aromatic rings. The summed E-state index contributed by atoms with van der Waals surface area (Å²) in [6.45, 7) is 5.08. The van der Waals surface area contributed by atoms with E-state index in [0.29, 0.717) is 11.6 Å². The number of carbonyl (C=O) groups excluding carboxylic acids is 1. The lowest BCUT2D eigenvalue weighted by molar-refractivity contribution is -0.114. The highest BCUT2D eigenvalue weighted by atomic mass is 32.1. The number of hydrogen-bond acceptors (Lipinski definition) is 8. The number of nitrogens with zero attached hydrogens (tertiary/aromatic N) is 3. The zero-order valence-corrected chi connectivity index (χ0v) is 17.8. The minimum atomic E-state index is -0.116. The molecule has 8 nitrogen and oxygen atoms in total. The van der Waals surface area contributed by atoms with Crippen LogP contribution in [0.1, 0.15) is 25.5 Å². The Labute approximate surface area is 179 Å². The summed E-state index contributed by atoms with van der Waals surface area (Å²) in [4.78, 5) is 25.9. The third-order valence-electron chi connectivity index (χ3n) is 4.63. The van der Waals surface area contributed by atoms with Crippen molar-refractivity contribution in [3.8, 4) is 10.6 Å². The summed E-state index contributed by atoms with van der Waals surface area (Å²) in [6.07, 6.45) is 4.20. The Morgan fingerprint density at radius 1 is 1.27 bits per heavy atom. The molecule has 1 amide bonds. The van der Waals surface area contributed by atoms with Gasteiger partial charge in [-0.3, -0.25) is 4.79 Å². The van der Waals surface area contributed by atoms with E-state index in [4.69, 9.17) is 4.74 Å². The molecule has 0 saturated carbocycles. The first kappa shape index (κ1) is 20.2. The number of carbonyl (C=O) groups is 1. The highest BCUT2D eigenvalue weighted by Gasteiger charge is 2.17. The fourth-order valence-corrected chi connectivity index (χ4v) is 4.21. The summed E-state index contributed by atoms with van der Waals surface area (Å²) >= 11 is 1.58. The first-order chi connectivity index (χ1) is 14.6. The minimum absolute atomic E-state index is 0.116. The monoisotopic (exact) mass is 424 g/mol. The zero-order chi connectivity index (χ0) is 20.9. The van der Waals surface area contributed by atoms with Crippen LogP contribution in [0.25, 0.3) is 10.6 Å². The lowest BCUT2D eigenvalue weighted by Gasteiger charge is -2.09. The molecule has 0 radical (unpaired) electrons. The minimum Gasteiger partial charge on any atom is -0.376 e. The third-order valence-corrected chi connectivity index (χ3v) is 5.77. The van der Waals surface area contributed by atoms with Gasteiger partial charge in [-0.25, -0.2) is 15.0 Å². The highest BCUT2D eigenvalue weighted by molar-refractivity contribution is 7.19. The topological polar surface area (TPSA) is 101 Å². The van der Waals surface area contributed by atoms with E-state index in [-0.39, 0.29) is 12.0 Å². The quantitative estimate of drug-likeness (QED) is 0.522. The first-order valence-electron chi connectivity index (χ1n) is 9.88. The van der Waals surface area contributed by atoms with Crippen LogP contribution in [0.5, 0.6) is 0 Å². The van der Waals surface area contributed by atoms with E-state index in [0.717, 1.165) is 53.1 Å². The van der Waals surface area contributed by atoms with Gasteiger partial charge in [0, 0.05) is 37.6 Å². The van der Waals surface area contributed by atoms with Gasteiger partial charge in [0.15, 0.2) is 5.13 Å². The standard InChI is InChI=1S/C21H24N6O2S/c1-13-19(30-21(24-13)23-12-17-7-4-10-29-17)18-8-9-22-20(27-18)26-16-6-3-5-15(11-16)25-14(2)28/h3,5-6,8-9,11,17H,4,7,10,12H2,1-2H3,(H,23,24)(H,25,28)(H,22,26,27). The molecular formula is C21H24N6O2S. The number of ether oxygens (including phenoxy) is 1. The Hall–Kier alpha value is -3.04. The molecule has 9 heteroatoms. The van der Waals surface area contributed by atoms with Gasteiger partial charge in [-0.15, -0.1) is 0 Å². The molecule has 1 aliphatic heterocycles. The summed E-state index contributed by atoms with van der Waals surface area (Å²) in [5.74, 6) is 0.365. The summed E-state index contributed by atoms with van der Waals surface area (Å²) in [5.41, 5.74) is 3.24. The van der Waals surface area contributed by atoms with Gasteiger partial charge in [0.1, 0.15) is 0 Å². The van der Waals surface area contributed by atoms with E-state index in [9.17, 15) is 4.79 Å². The maximum Gasteiger partial charge on any atom is 0.227 e. The van der Waals surface area contributed by atoms with E-state index in [1.165, 1.54) is 6.92 Å². The van der Waals surface area contributed by atoms with Crippen LogP contribution in [-0.2, 0) is 9.53 Å². The molecular weight excluding hydrogens is 400 g/mol. The molecule has 1 aliphatic rings. The van der Waals surface area contributed by atoms with Crippen LogP contribution in [0.3, 0.4) is 0 Å². The van der Waals surface area contributed by atoms with E-state index in [1.54, 1.807) is 17.5 Å². The Kier molecular flexibility index (Phi) is 6.20. The van der Waals surface area contributed by atoms with Crippen LogP contribution >= 0.6 is 11.3 Å². The molecule has 0 bridgehead atoms. The Bertz CT molecular complexity index is 1030. The number of aromatic nitrogens is 3. The average molecular weight is 425 g/mol. The van der Waals surface area contributed by atoms with Crippen LogP contribution < -0.4 is 16.0 Å². The summed E-state index contributed by atoms with van der Waals surface area (Å²) in [6, 6.07) is 9.30. The smallest absolute Gasteiger partial charge is 0.227 e. The number of aryl methyl sites for hydroxylation is 1. The van der Waals surface area contributed by atoms with Crippen molar-refractivity contribution in [2.75, 3.05) is 29.1 Å². The van der Waals surface area contributed by atoms with Crippen molar-refractivity contribution < 1.29 is 9.53 Å². The van der Waals surface area contributed by atoms with Gasteiger partial charge in [0.25, 0.3) is 0 Å². The van der Waals surface area contributed by atoms with Crippen molar-refractivity contribution in [3.63, 3.8) is 0 Å². The van der Waals surface area contributed by atoms with Gasteiger partial charge < -0.3 is 20.7 Å². The van der Waals surface area contributed by atoms with Crippen molar-refractivity contribution in [1.82, 2.24) is 15.0 Å². The predicted octanol–water partition coefficient (Wildman–Crippen LogP) is 4.20. The van der Waals surface area contributed by atoms with Crippen molar-refractivity contribution in [1.29, 1.82) is 0 Å². The second kappa shape index (κ2) is 9.19. The molecule has 1 unspecified atom stereocenters. The second-order valence-corrected chi connectivity index (χ2v) is 8.10. The summed E-state index contributed by atoms with van der Waals surface area (Å²) in [7, 11) is 0. The maximum atomic E-state index is 11.3. The molecule has 0 spiro atoms. The Balaban J connectivity index is 1.47. The van der Waals surface area contributed by atoms with Gasteiger partial charge in [-0.05, 0) is 44.0 Å². The molecule has 3 heterocycles. The van der Waals surface area contributed by atoms with Gasteiger partial charge in [0.05, 0.1) is 22.4 Å². The number of benzene rings is 1. The van der Waals surface area contributed by atoms with Crippen molar-refractivity contribution in [3.05, 3.63) is 42.2 Å². The summed E-state index contributed by atoms with van der Waals surface area (Å²) < 4.78 is 5.66. The van der Waals surface area contributed by atoms with E-state index in [2.05, 4.69) is 30.9 Å². The molecule has 0 aliphatic carbocycles. The first-order valence-corrected chi connectivity index (χ1v) is 10.7. The highest BCUT2D eigenvalue weighted by Crippen LogP contribution is 2.32. The third kappa shape index (κ3) is 5.11. The lowest BCUT2D eigenvalue weighted by Crippen LogP contribution is -2.18.